The average Bonchev–Trinajstić information content (AvgIpc) is 3.04. The number of pyridine rings is 1. The molecule has 1 N–H and O–H groups in total. The molecule has 25 heavy (non-hydrogen) atoms. The van der Waals surface area contributed by atoms with Gasteiger partial charge in [-0.1, -0.05) is 36.4 Å². The second kappa shape index (κ2) is 7.94. The van der Waals surface area contributed by atoms with E-state index < -0.39 is 0 Å². The van der Waals surface area contributed by atoms with Gasteiger partial charge in [0.05, 0.1) is 5.69 Å². The maximum Gasteiger partial charge on any atom is 0.221 e. The highest BCUT2D eigenvalue weighted by molar-refractivity contribution is 5.77. The van der Waals surface area contributed by atoms with Crippen molar-refractivity contribution in [2.75, 3.05) is 27.2 Å². The van der Waals surface area contributed by atoms with E-state index in [0.717, 1.165) is 23.4 Å². The predicted octanol–water partition coefficient (Wildman–Crippen LogP) is 2.53. The molecule has 0 saturated carbocycles. The minimum atomic E-state index is -0.0297. The van der Waals surface area contributed by atoms with Crippen LogP contribution in [0, 0.1) is 0 Å². The summed E-state index contributed by atoms with van der Waals surface area (Å²) in [5.74, 6) is 0.0274. The summed E-state index contributed by atoms with van der Waals surface area (Å²) in [5, 5.41) is 3.01. The van der Waals surface area contributed by atoms with Crippen molar-refractivity contribution < 1.29 is 4.79 Å². The summed E-state index contributed by atoms with van der Waals surface area (Å²) >= 11 is 0. The number of likely N-dealkylation sites (N-methyl/N-ethyl adjacent to an activating group) is 1. The highest BCUT2D eigenvalue weighted by Crippen LogP contribution is 2.28. The molecular formula is C20H24N4O. The van der Waals surface area contributed by atoms with Gasteiger partial charge in [-0.15, -0.1) is 0 Å². The Labute approximate surface area is 148 Å². The molecule has 5 nitrogen and oxygen atoms in total. The lowest BCUT2D eigenvalue weighted by Crippen LogP contribution is -2.32. The van der Waals surface area contributed by atoms with Crippen molar-refractivity contribution in [1.29, 1.82) is 0 Å². The van der Waals surface area contributed by atoms with Crippen molar-refractivity contribution in [2.24, 2.45) is 0 Å². The van der Waals surface area contributed by atoms with Crippen LogP contribution < -0.4 is 5.32 Å². The quantitative estimate of drug-likeness (QED) is 0.721. The number of aromatic nitrogens is 2. The molecule has 0 aliphatic carbocycles. The number of rotatable bonds is 7. The standard InChI is InChI=1S/C20H24N4O/c1-23(2)13-11-21-20(25)14-17(16-8-4-3-5-9-16)18-15-22-19-10-6-7-12-24(18)19/h3-10,12,15,17H,11,13-14H2,1-2H3,(H,21,25). The van der Waals surface area contributed by atoms with Gasteiger partial charge >= 0.3 is 0 Å². The Balaban J connectivity index is 1.85. The molecule has 1 unspecified atom stereocenters. The van der Waals surface area contributed by atoms with E-state index in [2.05, 4.69) is 31.7 Å². The van der Waals surface area contributed by atoms with Crippen LogP contribution >= 0.6 is 0 Å². The van der Waals surface area contributed by atoms with Crippen molar-refractivity contribution in [3.05, 3.63) is 72.2 Å². The molecule has 1 atom stereocenters. The fourth-order valence-electron chi connectivity index (χ4n) is 2.96. The summed E-state index contributed by atoms with van der Waals surface area (Å²) in [6.07, 6.45) is 4.28. The molecule has 0 bridgehead atoms. The molecule has 0 saturated heterocycles. The van der Waals surface area contributed by atoms with Gasteiger partial charge in [-0.3, -0.25) is 4.79 Å². The lowest BCUT2D eigenvalue weighted by molar-refractivity contribution is -0.121. The zero-order chi connectivity index (χ0) is 17.6. The van der Waals surface area contributed by atoms with Crippen LogP contribution in [0.5, 0.6) is 0 Å². The number of carbonyl (C=O) groups is 1. The van der Waals surface area contributed by atoms with Gasteiger partial charge in [-0.05, 0) is 31.8 Å². The molecule has 1 aromatic carbocycles. The Hall–Kier alpha value is -2.66. The van der Waals surface area contributed by atoms with Crippen molar-refractivity contribution >= 4 is 11.6 Å². The second-order valence-electron chi connectivity index (χ2n) is 6.43. The molecule has 3 rings (SSSR count). The Morgan fingerprint density at radius 2 is 1.92 bits per heavy atom. The molecule has 1 amide bonds. The van der Waals surface area contributed by atoms with Crippen LogP contribution in [0.15, 0.2) is 60.9 Å². The van der Waals surface area contributed by atoms with Crippen molar-refractivity contribution in [3.8, 4) is 0 Å². The summed E-state index contributed by atoms with van der Waals surface area (Å²) in [7, 11) is 3.99. The first kappa shape index (κ1) is 17.2. The molecule has 0 aliphatic rings. The number of hydrogen-bond acceptors (Lipinski definition) is 3. The largest absolute Gasteiger partial charge is 0.355 e. The van der Waals surface area contributed by atoms with E-state index in [1.165, 1.54) is 0 Å². The van der Waals surface area contributed by atoms with E-state index >= 15 is 0 Å². The molecule has 5 heteroatoms. The minimum absolute atomic E-state index is 0.0297. The zero-order valence-corrected chi connectivity index (χ0v) is 14.7. The molecule has 0 radical (unpaired) electrons. The molecular weight excluding hydrogens is 312 g/mol. The first-order chi connectivity index (χ1) is 12.1. The highest BCUT2D eigenvalue weighted by Gasteiger charge is 2.21. The van der Waals surface area contributed by atoms with Gasteiger partial charge in [0.15, 0.2) is 0 Å². The number of imidazole rings is 1. The third-order valence-electron chi connectivity index (χ3n) is 4.28. The third kappa shape index (κ3) is 4.25. The van der Waals surface area contributed by atoms with Crippen molar-refractivity contribution in [3.63, 3.8) is 0 Å². The van der Waals surface area contributed by atoms with Gasteiger partial charge in [-0.2, -0.15) is 0 Å². The Morgan fingerprint density at radius 3 is 2.68 bits per heavy atom. The van der Waals surface area contributed by atoms with Gasteiger partial charge < -0.3 is 14.6 Å². The highest BCUT2D eigenvalue weighted by atomic mass is 16.1. The van der Waals surface area contributed by atoms with Gasteiger partial charge in [0.1, 0.15) is 5.65 Å². The number of benzene rings is 1. The van der Waals surface area contributed by atoms with Crippen LogP contribution in [0.2, 0.25) is 0 Å². The lowest BCUT2D eigenvalue weighted by Gasteiger charge is -2.18. The second-order valence-corrected chi connectivity index (χ2v) is 6.43. The third-order valence-corrected chi connectivity index (χ3v) is 4.28. The molecule has 3 aromatic rings. The fourth-order valence-corrected chi connectivity index (χ4v) is 2.96. The Kier molecular flexibility index (Phi) is 5.46. The van der Waals surface area contributed by atoms with E-state index in [4.69, 9.17) is 0 Å². The van der Waals surface area contributed by atoms with Crippen LogP contribution in [0.3, 0.4) is 0 Å². The van der Waals surface area contributed by atoms with Gasteiger partial charge in [0.25, 0.3) is 0 Å². The molecule has 0 fully saturated rings. The number of fused-ring (bicyclic) bond motifs is 1. The maximum absolute atomic E-state index is 12.5. The van der Waals surface area contributed by atoms with Gasteiger partial charge in [0.2, 0.25) is 5.91 Å². The van der Waals surface area contributed by atoms with Gasteiger partial charge in [0, 0.05) is 37.8 Å². The number of amides is 1. The maximum atomic E-state index is 12.5. The van der Waals surface area contributed by atoms with Crippen LogP contribution in [0.4, 0.5) is 0 Å². The van der Waals surface area contributed by atoms with Crippen molar-refractivity contribution in [2.45, 2.75) is 12.3 Å². The fraction of sp³-hybridized carbons (Fsp3) is 0.300. The minimum Gasteiger partial charge on any atom is -0.355 e. The van der Waals surface area contributed by atoms with Gasteiger partial charge in [-0.25, -0.2) is 4.98 Å². The summed E-state index contributed by atoms with van der Waals surface area (Å²) < 4.78 is 2.06. The van der Waals surface area contributed by atoms with E-state index in [0.29, 0.717) is 13.0 Å². The van der Waals surface area contributed by atoms with Crippen LogP contribution in [0.1, 0.15) is 23.6 Å². The van der Waals surface area contributed by atoms with Crippen LogP contribution in [-0.4, -0.2) is 47.4 Å². The number of nitrogens with one attached hydrogen (secondary N) is 1. The summed E-state index contributed by atoms with van der Waals surface area (Å²) in [5.41, 5.74) is 3.05. The lowest BCUT2D eigenvalue weighted by atomic mass is 9.92. The summed E-state index contributed by atoms with van der Waals surface area (Å²) in [4.78, 5) is 19.0. The summed E-state index contributed by atoms with van der Waals surface area (Å²) in [6, 6.07) is 16.1. The molecule has 2 heterocycles. The number of carbonyl (C=O) groups excluding carboxylic acids is 1. The van der Waals surface area contributed by atoms with Crippen LogP contribution in [0.25, 0.3) is 5.65 Å². The van der Waals surface area contributed by atoms with E-state index in [-0.39, 0.29) is 11.8 Å². The van der Waals surface area contributed by atoms with Crippen LogP contribution in [-0.2, 0) is 4.79 Å². The smallest absolute Gasteiger partial charge is 0.221 e. The van der Waals surface area contributed by atoms with Crippen molar-refractivity contribution in [1.82, 2.24) is 19.6 Å². The average molecular weight is 336 g/mol. The summed E-state index contributed by atoms with van der Waals surface area (Å²) in [6.45, 7) is 1.48. The normalized spacial score (nSPS) is 12.4. The van der Waals surface area contributed by atoms with E-state index in [1.54, 1.807) is 0 Å². The first-order valence-electron chi connectivity index (χ1n) is 8.53. The van der Waals surface area contributed by atoms with E-state index in [1.807, 2.05) is 62.9 Å². The molecule has 0 aliphatic heterocycles. The topological polar surface area (TPSA) is 49.6 Å². The SMILES string of the molecule is CN(C)CCNC(=O)CC(c1ccccc1)c1cnc2ccccn12. The van der Waals surface area contributed by atoms with E-state index in [9.17, 15) is 4.79 Å². The monoisotopic (exact) mass is 336 g/mol. The number of hydrogen-bond donors (Lipinski definition) is 1. The number of nitrogens with zero attached hydrogens (tertiary/aromatic N) is 3. The Morgan fingerprint density at radius 1 is 1.16 bits per heavy atom. The zero-order valence-electron chi connectivity index (χ0n) is 14.7. The Bertz CT molecular complexity index is 826. The predicted molar refractivity (Wildman–Crippen MR) is 99.7 cm³/mol. The first-order valence-corrected chi connectivity index (χ1v) is 8.53. The molecule has 0 spiro atoms. The molecule has 130 valence electrons. The molecule has 2 aromatic heterocycles.